The van der Waals surface area contributed by atoms with Crippen LogP contribution in [0.4, 0.5) is 0 Å². The molecule has 0 aliphatic heterocycles. The third kappa shape index (κ3) is 2.65. The van der Waals surface area contributed by atoms with Crippen LogP contribution in [0.25, 0.3) is 5.65 Å². The number of aliphatic hydroxyl groups excluding tert-OH is 1. The lowest BCUT2D eigenvalue weighted by molar-refractivity contribution is -0.140. The summed E-state index contributed by atoms with van der Waals surface area (Å²) in [5, 5.41) is 10.2. The van der Waals surface area contributed by atoms with Crippen molar-refractivity contribution in [3.05, 3.63) is 30.1 Å². The standard InChI is InChI=1S/C12H14N2O3S/c1-17-11(16)5-7-18-12-9(8-15)14-6-3-2-4-10(14)13-12/h2-4,6,15H,5,7-8H2,1H3. The number of carbonyl (C=O) groups is 1. The average Bonchev–Trinajstić information content (AvgIpc) is 2.75. The van der Waals surface area contributed by atoms with Gasteiger partial charge in [0.05, 0.1) is 25.8 Å². The minimum Gasteiger partial charge on any atom is -0.469 e. The van der Waals surface area contributed by atoms with Gasteiger partial charge < -0.3 is 14.2 Å². The molecule has 0 saturated heterocycles. The molecule has 0 unspecified atom stereocenters. The topological polar surface area (TPSA) is 63.8 Å². The predicted molar refractivity (Wildman–Crippen MR) is 68.5 cm³/mol. The van der Waals surface area contributed by atoms with Crippen molar-refractivity contribution in [1.82, 2.24) is 9.38 Å². The SMILES string of the molecule is COC(=O)CCSc1nc2ccccn2c1CO. The molecule has 5 nitrogen and oxygen atoms in total. The molecule has 0 aliphatic rings. The van der Waals surface area contributed by atoms with Crippen molar-refractivity contribution in [3.8, 4) is 0 Å². The molecular weight excluding hydrogens is 252 g/mol. The molecular formula is C12H14N2O3S. The first-order chi connectivity index (χ1) is 8.76. The molecule has 2 aromatic rings. The number of ether oxygens (including phenoxy) is 1. The number of aliphatic hydroxyl groups is 1. The summed E-state index contributed by atoms with van der Waals surface area (Å²) in [6, 6.07) is 5.66. The van der Waals surface area contributed by atoms with Gasteiger partial charge in [-0.3, -0.25) is 4.79 Å². The third-order valence-corrected chi connectivity index (χ3v) is 3.52. The van der Waals surface area contributed by atoms with Crippen molar-refractivity contribution >= 4 is 23.4 Å². The van der Waals surface area contributed by atoms with E-state index in [9.17, 15) is 9.90 Å². The minimum atomic E-state index is -0.239. The van der Waals surface area contributed by atoms with E-state index < -0.39 is 0 Å². The van der Waals surface area contributed by atoms with Crippen molar-refractivity contribution in [2.75, 3.05) is 12.9 Å². The van der Waals surface area contributed by atoms with E-state index in [2.05, 4.69) is 9.72 Å². The van der Waals surface area contributed by atoms with E-state index in [1.54, 1.807) is 0 Å². The monoisotopic (exact) mass is 266 g/mol. The van der Waals surface area contributed by atoms with Crippen LogP contribution in [-0.2, 0) is 16.1 Å². The molecule has 0 atom stereocenters. The number of fused-ring (bicyclic) bond motifs is 1. The fourth-order valence-corrected chi connectivity index (χ4v) is 2.57. The minimum absolute atomic E-state index is 0.0776. The maximum Gasteiger partial charge on any atom is 0.306 e. The second-order valence-corrected chi connectivity index (χ2v) is 4.71. The van der Waals surface area contributed by atoms with Crippen molar-refractivity contribution in [2.45, 2.75) is 18.1 Å². The van der Waals surface area contributed by atoms with Crippen LogP contribution in [0.1, 0.15) is 12.1 Å². The summed E-state index contributed by atoms with van der Waals surface area (Å²) in [6.45, 7) is -0.0776. The van der Waals surface area contributed by atoms with E-state index >= 15 is 0 Å². The predicted octanol–water partition coefficient (Wildman–Crippen LogP) is 1.48. The van der Waals surface area contributed by atoms with Crippen LogP contribution >= 0.6 is 11.8 Å². The van der Waals surface area contributed by atoms with Gasteiger partial charge in [0.15, 0.2) is 0 Å². The lowest BCUT2D eigenvalue weighted by Gasteiger charge is -2.01. The van der Waals surface area contributed by atoms with Crippen molar-refractivity contribution in [2.24, 2.45) is 0 Å². The third-order valence-electron chi connectivity index (χ3n) is 2.51. The smallest absolute Gasteiger partial charge is 0.306 e. The molecule has 0 aromatic carbocycles. The summed E-state index contributed by atoms with van der Waals surface area (Å²) in [7, 11) is 1.37. The molecule has 2 rings (SSSR count). The normalized spacial score (nSPS) is 10.8. The Bertz CT molecular complexity index is 553. The number of hydrogen-bond acceptors (Lipinski definition) is 5. The Morgan fingerprint density at radius 3 is 3.11 bits per heavy atom. The first-order valence-electron chi connectivity index (χ1n) is 5.52. The molecule has 0 fully saturated rings. The van der Waals surface area contributed by atoms with Gasteiger partial charge in [0.1, 0.15) is 10.7 Å². The molecule has 6 heteroatoms. The number of aromatic nitrogens is 2. The highest BCUT2D eigenvalue weighted by Crippen LogP contribution is 2.24. The molecule has 0 spiro atoms. The fourth-order valence-electron chi connectivity index (χ4n) is 1.62. The molecule has 0 radical (unpaired) electrons. The number of carbonyl (C=O) groups excluding carboxylic acids is 1. The van der Waals surface area contributed by atoms with Gasteiger partial charge in [-0.15, -0.1) is 11.8 Å². The number of esters is 1. The Morgan fingerprint density at radius 1 is 1.56 bits per heavy atom. The van der Waals surface area contributed by atoms with Crippen molar-refractivity contribution in [1.29, 1.82) is 0 Å². The van der Waals surface area contributed by atoms with Crippen LogP contribution < -0.4 is 0 Å². The van der Waals surface area contributed by atoms with E-state index in [0.717, 1.165) is 16.4 Å². The zero-order chi connectivity index (χ0) is 13.0. The lowest BCUT2D eigenvalue weighted by atomic mass is 10.4. The quantitative estimate of drug-likeness (QED) is 0.656. The number of pyridine rings is 1. The first kappa shape index (κ1) is 12.9. The van der Waals surface area contributed by atoms with E-state index in [1.807, 2.05) is 28.8 Å². The molecule has 2 aromatic heterocycles. The number of thioether (sulfide) groups is 1. The van der Waals surface area contributed by atoms with Crippen LogP contribution in [0.3, 0.4) is 0 Å². The molecule has 1 N–H and O–H groups in total. The van der Waals surface area contributed by atoms with Crippen molar-refractivity contribution < 1.29 is 14.6 Å². The van der Waals surface area contributed by atoms with Gasteiger partial charge in [0.25, 0.3) is 0 Å². The van der Waals surface area contributed by atoms with E-state index in [1.165, 1.54) is 18.9 Å². The molecule has 0 amide bonds. The van der Waals surface area contributed by atoms with Gasteiger partial charge in [-0.05, 0) is 12.1 Å². The number of methoxy groups -OCH3 is 1. The number of nitrogens with zero attached hydrogens (tertiary/aromatic N) is 2. The zero-order valence-corrected chi connectivity index (χ0v) is 10.8. The van der Waals surface area contributed by atoms with Crippen LogP contribution in [0.2, 0.25) is 0 Å². The number of imidazole rings is 1. The molecule has 2 heterocycles. The fraction of sp³-hybridized carbons (Fsp3) is 0.333. The second-order valence-electron chi connectivity index (χ2n) is 3.63. The highest BCUT2D eigenvalue weighted by molar-refractivity contribution is 7.99. The maximum absolute atomic E-state index is 11.0. The maximum atomic E-state index is 11.0. The zero-order valence-electron chi connectivity index (χ0n) is 10.00. The molecule has 0 bridgehead atoms. The highest BCUT2D eigenvalue weighted by atomic mass is 32.2. The summed E-state index contributed by atoms with van der Waals surface area (Å²) in [5.41, 5.74) is 1.54. The summed E-state index contributed by atoms with van der Waals surface area (Å²) >= 11 is 1.45. The van der Waals surface area contributed by atoms with Crippen LogP contribution in [-0.4, -0.2) is 33.3 Å². The Balaban J connectivity index is 2.15. The lowest BCUT2D eigenvalue weighted by Crippen LogP contribution is -2.01. The molecule has 0 saturated carbocycles. The molecule has 0 aliphatic carbocycles. The Hall–Kier alpha value is -1.53. The largest absolute Gasteiger partial charge is 0.469 e. The summed E-state index contributed by atoms with van der Waals surface area (Å²) in [4.78, 5) is 15.4. The van der Waals surface area contributed by atoms with Gasteiger partial charge in [-0.2, -0.15) is 0 Å². The van der Waals surface area contributed by atoms with Gasteiger partial charge in [0, 0.05) is 11.9 Å². The van der Waals surface area contributed by atoms with Crippen molar-refractivity contribution in [3.63, 3.8) is 0 Å². The van der Waals surface area contributed by atoms with Gasteiger partial charge in [-0.1, -0.05) is 6.07 Å². The van der Waals surface area contributed by atoms with E-state index in [4.69, 9.17) is 0 Å². The van der Waals surface area contributed by atoms with Crippen LogP contribution in [0, 0.1) is 0 Å². The number of hydrogen-bond donors (Lipinski definition) is 1. The first-order valence-corrected chi connectivity index (χ1v) is 6.51. The Kier molecular flexibility index (Phi) is 4.22. The van der Waals surface area contributed by atoms with Gasteiger partial charge in [0.2, 0.25) is 0 Å². The number of rotatable bonds is 5. The Labute approximate surface area is 109 Å². The second kappa shape index (κ2) is 5.88. The summed E-state index contributed by atoms with van der Waals surface area (Å²) in [5.74, 6) is 0.348. The molecule has 18 heavy (non-hydrogen) atoms. The molecule has 96 valence electrons. The summed E-state index contributed by atoms with van der Waals surface area (Å²) in [6.07, 6.45) is 2.19. The highest BCUT2D eigenvalue weighted by Gasteiger charge is 2.12. The average molecular weight is 266 g/mol. The van der Waals surface area contributed by atoms with E-state index in [0.29, 0.717) is 12.2 Å². The van der Waals surface area contributed by atoms with Crippen LogP contribution in [0.5, 0.6) is 0 Å². The Morgan fingerprint density at radius 2 is 2.39 bits per heavy atom. The van der Waals surface area contributed by atoms with Gasteiger partial charge in [-0.25, -0.2) is 4.98 Å². The van der Waals surface area contributed by atoms with E-state index in [-0.39, 0.29) is 12.6 Å². The van der Waals surface area contributed by atoms with Crippen LogP contribution in [0.15, 0.2) is 29.4 Å². The summed E-state index contributed by atoms with van der Waals surface area (Å²) < 4.78 is 6.42. The van der Waals surface area contributed by atoms with Gasteiger partial charge >= 0.3 is 5.97 Å².